The number of methoxy groups -OCH3 is 1. The van der Waals surface area contributed by atoms with E-state index in [2.05, 4.69) is 24.1 Å². The van der Waals surface area contributed by atoms with Crippen LogP contribution in [0.25, 0.3) is 0 Å². The van der Waals surface area contributed by atoms with E-state index in [9.17, 15) is 4.79 Å². The predicted molar refractivity (Wildman–Crippen MR) is 73.6 cm³/mol. The molecule has 1 N–H and O–H groups in total. The summed E-state index contributed by atoms with van der Waals surface area (Å²) in [4.78, 5) is 14.7. The van der Waals surface area contributed by atoms with Gasteiger partial charge in [0.15, 0.2) is 0 Å². The van der Waals surface area contributed by atoms with Crippen LogP contribution in [0.4, 0.5) is 0 Å². The molecule has 4 heteroatoms. The molecule has 106 valence electrons. The molecule has 1 heterocycles. The number of nitrogens with one attached hydrogen (secondary N) is 1. The number of rotatable bonds is 7. The summed E-state index contributed by atoms with van der Waals surface area (Å²) in [6.07, 6.45) is 4.00. The lowest BCUT2D eigenvalue weighted by atomic mass is 9.95. The minimum Gasteiger partial charge on any atom is -0.383 e. The molecule has 0 aromatic heterocycles. The maximum Gasteiger partial charge on any atom is 0.226 e. The Hall–Kier alpha value is -0.610. The summed E-state index contributed by atoms with van der Waals surface area (Å²) < 4.78 is 5.14. The van der Waals surface area contributed by atoms with Crippen molar-refractivity contribution >= 4 is 5.91 Å². The lowest BCUT2D eigenvalue weighted by molar-refractivity contribution is -0.139. The summed E-state index contributed by atoms with van der Waals surface area (Å²) in [5.74, 6) is 0.547. The smallest absolute Gasteiger partial charge is 0.226 e. The highest BCUT2D eigenvalue weighted by molar-refractivity contribution is 5.79. The number of nitrogens with zero attached hydrogens (tertiary/aromatic N) is 1. The van der Waals surface area contributed by atoms with Gasteiger partial charge in [-0.2, -0.15) is 0 Å². The predicted octanol–water partition coefficient (Wildman–Crippen LogP) is 1.65. The number of carbonyl (C=O) groups is 1. The standard InChI is InChI=1S/C14H28N2O2/c1-4-13(5-2)16(10-11-18-3)14(17)12-6-8-15-9-7-12/h12-13,15H,4-11H2,1-3H3. The van der Waals surface area contributed by atoms with Gasteiger partial charge in [-0.1, -0.05) is 13.8 Å². The van der Waals surface area contributed by atoms with E-state index in [1.807, 2.05) is 0 Å². The van der Waals surface area contributed by atoms with E-state index in [0.29, 0.717) is 18.6 Å². The molecule has 1 saturated heterocycles. The van der Waals surface area contributed by atoms with E-state index < -0.39 is 0 Å². The number of carbonyl (C=O) groups excluding carboxylic acids is 1. The quantitative estimate of drug-likeness (QED) is 0.753. The number of ether oxygens (including phenoxy) is 1. The zero-order chi connectivity index (χ0) is 13.4. The van der Waals surface area contributed by atoms with Gasteiger partial charge in [0, 0.05) is 25.6 Å². The van der Waals surface area contributed by atoms with Crippen molar-refractivity contribution in [1.29, 1.82) is 0 Å². The van der Waals surface area contributed by atoms with Gasteiger partial charge in [-0.3, -0.25) is 4.79 Å². The monoisotopic (exact) mass is 256 g/mol. The van der Waals surface area contributed by atoms with Crippen molar-refractivity contribution in [3.05, 3.63) is 0 Å². The third kappa shape index (κ3) is 4.25. The molecule has 0 unspecified atom stereocenters. The number of hydrogen-bond acceptors (Lipinski definition) is 3. The van der Waals surface area contributed by atoms with Gasteiger partial charge < -0.3 is 15.0 Å². The SMILES string of the molecule is CCC(CC)N(CCOC)C(=O)C1CCNCC1. The van der Waals surface area contributed by atoms with Crippen LogP contribution in [0.1, 0.15) is 39.5 Å². The third-order valence-electron chi connectivity index (χ3n) is 3.89. The molecule has 0 atom stereocenters. The van der Waals surface area contributed by atoms with E-state index in [-0.39, 0.29) is 5.92 Å². The maximum atomic E-state index is 12.6. The van der Waals surface area contributed by atoms with Crippen molar-refractivity contribution < 1.29 is 9.53 Å². The van der Waals surface area contributed by atoms with Gasteiger partial charge >= 0.3 is 0 Å². The van der Waals surface area contributed by atoms with Crippen LogP contribution in [0.5, 0.6) is 0 Å². The van der Waals surface area contributed by atoms with E-state index >= 15 is 0 Å². The molecular weight excluding hydrogens is 228 g/mol. The minimum absolute atomic E-state index is 0.212. The molecule has 1 rings (SSSR count). The van der Waals surface area contributed by atoms with E-state index in [1.165, 1.54) is 0 Å². The summed E-state index contributed by atoms with van der Waals surface area (Å²) in [5.41, 5.74) is 0. The molecule has 0 radical (unpaired) electrons. The second-order valence-electron chi connectivity index (χ2n) is 5.02. The van der Waals surface area contributed by atoms with Crippen molar-refractivity contribution in [2.24, 2.45) is 5.92 Å². The van der Waals surface area contributed by atoms with Crippen molar-refractivity contribution in [2.75, 3.05) is 33.4 Å². The Kier molecular flexibility index (Phi) is 7.28. The first-order chi connectivity index (χ1) is 8.74. The maximum absolute atomic E-state index is 12.6. The zero-order valence-corrected chi connectivity index (χ0v) is 12.1. The lowest BCUT2D eigenvalue weighted by Crippen LogP contribution is -2.47. The topological polar surface area (TPSA) is 41.6 Å². The molecule has 4 nitrogen and oxygen atoms in total. The van der Waals surface area contributed by atoms with Gasteiger partial charge in [-0.15, -0.1) is 0 Å². The van der Waals surface area contributed by atoms with Crippen molar-refractivity contribution in [3.8, 4) is 0 Å². The average molecular weight is 256 g/mol. The number of amides is 1. The first-order valence-electron chi connectivity index (χ1n) is 7.24. The highest BCUT2D eigenvalue weighted by atomic mass is 16.5. The van der Waals surface area contributed by atoms with Crippen molar-refractivity contribution in [3.63, 3.8) is 0 Å². The van der Waals surface area contributed by atoms with Crippen LogP contribution in [-0.4, -0.2) is 50.2 Å². The first kappa shape index (κ1) is 15.4. The molecule has 0 aromatic rings. The molecule has 1 fully saturated rings. The fourth-order valence-corrected chi connectivity index (χ4v) is 2.70. The highest BCUT2D eigenvalue weighted by Crippen LogP contribution is 2.19. The van der Waals surface area contributed by atoms with Gasteiger partial charge in [0.1, 0.15) is 0 Å². The van der Waals surface area contributed by atoms with Crippen LogP contribution < -0.4 is 5.32 Å². The average Bonchev–Trinajstić information content (AvgIpc) is 2.43. The molecule has 0 saturated carbocycles. The molecule has 1 aliphatic heterocycles. The van der Waals surface area contributed by atoms with Gasteiger partial charge in [0.25, 0.3) is 0 Å². The van der Waals surface area contributed by atoms with E-state index in [1.54, 1.807) is 7.11 Å². The second kappa shape index (κ2) is 8.48. The molecule has 18 heavy (non-hydrogen) atoms. The van der Waals surface area contributed by atoms with Crippen LogP contribution in [0.3, 0.4) is 0 Å². The molecule has 0 aliphatic carbocycles. The fourth-order valence-electron chi connectivity index (χ4n) is 2.70. The van der Waals surface area contributed by atoms with Crippen molar-refractivity contribution in [1.82, 2.24) is 10.2 Å². The Bertz CT molecular complexity index is 236. The number of hydrogen-bond donors (Lipinski definition) is 1. The largest absolute Gasteiger partial charge is 0.383 e. The zero-order valence-electron chi connectivity index (χ0n) is 12.1. The summed E-state index contributed by atoms with van der Waals surface area (Å²) in [6.45, 7) is 7.61. The lowest BCUT2D eigenvalue weighted by Gasteiger charge is -2.34. The molecule has 1 amide bonds. The van der Waals surface area contributed by atoms with E-state index in [0.717, 1.165) is 45.3 Å². The molecule has 0 aromatic carbocycles. The van der Waals surface area contributed by atoms with Gasteiger partial charge in [-0.25, -0.2) is 0 Å². The number of piperidine rings is 1. The van der Waals surface area contributed by atoms with Gasteiger partial charge in [0.2, 0.25) is 5.91 Å². The van der Waals surface area contributed by atoms with E-state index in [4.69, 9.17) is 4.74 Å². The van der Waals surface area contributed by atoms with Gasteiger partial charge in [0.05, 0.1) is 6.61 Å². The highest BCUT2D eigenvalue weighted by Gasteiger charge is 2.28. The normalized spacial score (nSPS) is 17.1. The van der Waals surface area contributed by atoms with Crippen LogP contribution in [-0.2, 0) is 9.53 Å². The summed E-state index contributed by atoms with van der Waals surface area (Å²) >= 11 is 0. The molecular formula is C14H28N2O2. The minimum atomic E-state index is 0.212. The van der Waals surface area contributed by atoms with Crippen LogP contribution in [0.15, 0.2) is 0 Å². The Morgan fingerprint density at radius 3 is 2.44 bits per heavy atom. The summed E-state index contributed by atoms with van der Waals surface area (Å²) in [5, 5.41) is 3.31. The van der Waals surface area contributed by atoms with Crippen LogP contribution in [0, 0.1) is 5.92 Å². The Labute approximate surface area is 111 Å². The summed E-state index contributed by atoms with van der Waals surface area (Å²) in [6, 6.07) is 0.363. The Balaban J connectivity index is 2.63. The Morgan fingerprint density at radius 1 is 1.33 bits per heavy atom. The first-order valence-corrected chi connectivity index (χ1v) is 7.24. The Morgan fingerprint density at radius 2 is 1.94 bits per heavy atom. The molecule has 0 bridgehead atoms. The fraction of sp³-hybridized carbons (Fsp3) is 0.929. The summed E-state index contributed by atoms with van der Waals surface area (Å²) in [7, 11) is 1.69. The van der Waals surface area contributed by atoms with Gasteiger partial charge in [-0.05, 0) is 38.8 Å². The second-order valence-corrected chi connectivity index (χ2v) is 5.02. The van der Waals surface area contributed by atoms with Crippen LogP contribution in [0.2, 0.25) is 0 Å². The van der Waals surface area contributed by atoms with Crippen molar-refractivity contribution in [2.45, 2.75) is 45.6 Å². The molecule has 0 spiro atoms. The third-order valence-corrected chi connectivity index (χ3v) is 3.89. The molecule has 1 aliphatic rings. The van der Waals surface area contributed by atoms with Crippen LogP contribution >= 0.6 is 0 Å².